The van der Waals surface area contributed by atoms with E-state index in [4.69, 9.17) is 9.84 Å². The van der Waals surface area contributed by atoms with E-state index in [1.54, 1.807) is 18.3 Å². The lowest BCUT2D eigenvalue weighted by molar-refractivity contribution is 0.0459. The Labute approximate surface area is 91.7 Å². The third-order valence-electron chi connectivity index (χ3n) is 2.00. The molecule has 0 spiro atoms. The summed E-state index contributed by atoms with van der Waals surface area (Å²) in [5.74, 6) is -0.141. The van der Waals surface area contributed by atoms with Crippen LogP contribution in [0.5, 0.6) is 5.75 Å². The zero-order chi connectivity index (χ0) is 11.4. The molecule has 2 rings (SSSR count). The zero-order valence-corrected chi connectivity index (χ0v) is 8.38. The van der Waals surface area contributed by atoms with Crippen LogP contribution in [0.4, 0.5) is 0 Å². The van der Waals surface area contributed by atoms with Gasteiger partial charge in [0.05, 0.1) is 0 Å². The molecule has 1 aromatic heterocycles. The third-order valence-corrected chi connectivity index (χ3v) is 2.00. The minimum Gasteiger partial charge on any atom is -0.508 e. The van der Waals surface area contributed by atoms with Crippen LogP contribution in [0.2, 0.25) is 0 Å². The molecule has 0 atom stereocenters. The summed E-state index contributed by atoms with van der Waals surface area (Å²) in [5, 5.41) is 9.06. The molecule has 2 N–H and O–H groups in total. The first kappa shape index (κ1) is 10.2. The molecule has 0 saturated heterocycles. The lowest BCUT2D eigenvalue weighted by atomic mass is 10.2. The molecule has 0 saturated carbocycles. The van der Waals surface area contributed by atoms with Gasteiger partial charge < -0.3 is 14.8 Å². The maximum atomic E-state index is 11.4. The number of nitrogens with one attached hydrogen (secondary N) is 1. The molecule has 1 aromatic carbocycles. The Morgan fingerprint density at radius 1 is 1.38 bits per heavy atom. The molecule has 16 heavy (non-hydrogen) atoms. The summed E-state index contributed by atoms with van der Waals surface area (Å²) in [5.41, 5.74) is 0.803. The number of ether oxygens (including phenoxy) is 1. The van der Waals surface area contributed by atoms with E-state index in [1.165, 1.54) is 18.3 Å². The van der Waals surface area contributed by atoms with E-state index in [-0.39, 0.29) is 18.2 Å². The van der Waals surface area contributed by atoms with Gasteiger partial charge in [-0.15, -0.1) is 0 Å². The number of esters is 1. The van der Waals surface area contributed by atoms with Crippen molar-refractivity contribution in [1.29, 1.82) is 0 Å². The number of phenols is 1. The van der Waals surface area contributed by atoms with Crippen LogP contribution in [-0.2, 0) is 11.3 Å². The number of aromatic hydroxyl groups is 1. The van der Waals surface area contributed by atoms with Gasteiger partial charge in [-0.25, -0.2) is 9.78 Å². The van der Waals surface area contributed by atoms with E-state index in [0.717, 1.165) is 5.56 Å². The van der Waals surface area contributed by atoms with Crippen molar-refractivity contribution in [1.82, 2.24) is 9.97 Å². The Hall–Kier alpha value is -2.30. The summed E-state index contributed by atoms with van der Waals surface area (Å²) >= 11 is 0. The van der Waals surface area contributed by atoms with Gasteiger partial charge in [-0.1, -0.05) is 12.1 Å². The highest BCUT2D eigenvalue weighted by Gasteiger charge is 2.08. The second-order valence-electron chi connectivity index (χ2n) is 3.18. The molecule has 0 aliphatic heterocycles. The quantitative estimate of drug-likeness (QED) is 0.765. The Kier molecular flexibility index (Phi) is 2.86. The van der Waals surface area contributed by atoms with Crippen molar-refractivity contribution >= 4 is 5.97 Å². The first-order chi connectivity index (χ1) is 7.75. The number of H-pyrrole nitrogens is 1. The smallest absolute Gasteiger partial charge is 0.374 e. The fourth-order valence-electron chi connectivity index (χ4n) is 1.19. The molecule has 0 aliphatic rings. The summed E-state index contributed by atoms with van der Waals surface area (Å²) in [6.45, 7) is 0.153. The maximum absolute atomic E-state index is 11.4. The summed E-state index contributed by atoms with van der Waals surface area (Å²) in [7, 11) is 0. The normalized spacial score (nSPS) is 10.0. The topological polar surface area (TPSA) is 75.2 Å². The first-order valence-corrected chi connectivity index (χ1v) is 4.70. The van der Waals surface area contributed by atoms with Gasteiger partial charge in [-0.2, -0.15) is 0 Å². The van der Waals surface area contributed by atoms with Crippen molar-refractivity contribution < 1.29 is 14.6 Å². The van der Waals surface area contributed by atoms with Gasteiger partial charge in [0.2, 0.25) is 5.82 Å². The monoisotopic (exact) mass is 218 g/mol. The number of benzene rings is 1. The number of hydrogen-bond acceptors (Lipinski definition) is 4. The molecule has 0 amide bonds. The van der Waals surface area contributed by atoms with Crippen LogP contribution in [-0.4, -0.2) is 21.0 Å². The van der Waals surface area contributed by atoms with Crippen molar-refractivity contribution in [2.45, 2.75) is 6.61 Å². The van der Waals surface area contributed by atoms with Crippen LogP contribution in [0.15, 0.2) is 36.7 Å². The molecular weight excluding hydrogens is 208 g/mol. The lowest BCUT2D eigenvalue weighted by Crippen LogP contribution is -2.06. The van der Waals surface area contributed by atoms with E-state index in [1.807, 2.05) is 0 Å². The van der Waals surface area contributed by atoms with E-state index >= 15 is 0 Å². The number of hydrogen-bond donors (Lipinski definition) is 2. The molecule has 0 bridgehead atoms. The minimum absolute atomic E-state index is 0.153. The van der Waals surface area contributed by atoms with Crippen LogP contribution in [0, 0.1) is 0 Å². The molecule has 0 aliphatic carbocycles. The summed E-state index contributed by atoms with van der Waals surface area (Å²) < 4.78 is 5.00. The molecule has 2 aromatic rings. The summed E-state index contributed by atoms with van der Waals surface area (Å²) in [4.78, 5) is 17.8. The molecular formula is C11H10N2O3. The van der Waals surface area contributed by atoms with Crippen LogP contribution in [0.25, 0.3) is 0 Å². The second-order valence-corrected chi connectivity index (χ2v) is 3.18. The lowest BCUT2D eigenvalue weighted by Gasteiger charge is -2.02. The molecule has 0 unspecified atom stereocenters. The van der Waals surface area contributed by atoms with Crippen molar-refractivity contribution in [2.24, 2.45) is 0 Å². The van der Waals surface area contributed by atoms with Gasteiger partial charge in [0.15, 0.2) is 0 Å². The average Bonchev–Trinajstić information content (AvgIpc) is 2.81. The zero-order valence-electron chi connectivity index (χ0n) is 8.38. The predicted octanol–water partition coefficient (Wildman–Crippen LogP) is 1.47. The van der Waals surface area contributed by atoms with Gasteiger partial charge in [-0.3, -0.25) is 0 Å². The van der Waals surface area contributed by atoms with Crippen molar-refractivity contribution in [3.05, 3.63) is 48.0 Å². The number of phenolic OH excluding ortho intramolecular Hbond substituents is 1. The Bertz CT molecular complexity index is 462. The number of aromatic nitrogens is 2. The highest BCUT2D eigenvalue weighted by molar-refractivity contribution is 5.85. The van der Waals surface area contributed by atoms with Gasteiger partial charge >= 0.3 is 5.97 Å². The van der Waals surface area contributed by atoms with Crippen molar-refractivity contribution in [2.75, 3.05) is 0 Å². The number of imidazole rings is 1. The van der Waals surface area contributed by atoms with Gasteiger partial charge in [-0.05, 0) is 17.7 Å². The van der Waals surface area contributed by atoms with Gasteiger partial charge in [0.1, 0.15) is 12.4 Å². The third kappa shape index (κ3) is 2.38. The molecule has 0 radical (unpaired) electrons. The van der Waals surface area contributed by atoms with Crippen LogP contribution < -0.4 is 0 Å². The molecule has 82 valence electrons. The fourth-order valence-corrected chi connectivity index (χ4v) is 1.19. The van der Waals surface area contributed by atoms with Crippen molar-refractivity contribution in [3.8, 4) is 5.75 Å². The van der Waals surface area contributed by atoms with Crippen molar-refractivity contribution in [3.63, 3.8) is 0 Å². The molecule has 5 nitrogen and oxygen atoms in total. The maximum Gasteiger partial charge on any atom is 0.374 e. The largest absolute Gasteiger partial charge is 0.508 e. The second kappa shape index (κ2) is 4.48. The number of nitrogens with zero attached hydrogens (tertiary/aromatic N) is 1. The van der Waals surface area contributed by atoms with Crippen LogP contribution >= 0.6 is 0 Å². The Morgan fingerprint density at radius 3 is 2.75 bits per heavy atom. The van der Waals surface area contributed by atoms with Crippen LogP contribution in [0.3, 0.4) is 0 Å². The Balaban J connectivity index is 1.93. The fraction of sp³-hybridized carbons (Fsp3) is 0.0909. The molecule has 0 fully saturated rings. The van der Waals surface area contributed by atoms with Crippen LogP contribution in [0.1, 0.15) is 16.2 Å². The SMILES string of the molecule is O=C(OCc1ccc(O)cc1)c1ncc[nH]1. The predicted molar refractivity (Wildman–Crippen MR) is 55.8 cm³/mol. The standard InChI is InChI=1S/C11H10N2O3/c14-9-3-1-8(2-4-9)7-16-11(15)10-12-5-6-13-10/h1-6,14H,7H2,(H,12,13). The van der Waals surface area contributed by atoms with E-state index in [0.29, 0.717) is 0 Å². The van der Waals surface area contributed by atoms with Gasteiger partial charge in [0, 0.05) is 12.4 Å². The molecule has 5 heteroatoms. The number of carbonyl (C=O) groups is 1. The molecule has 1 heterocycles. The summed E-state index contributed by atoms with van der Waals surface area (Å²) in [6.07, 6.45) is 3.04. The average molecular weight is 218 g/mol. The van der Waals surface area contributed by atoms with E-state index in [2.05, 4.69) is 9.97 Å². The van der Waals surface area contributed by atoms with E-state index in [9.17, 15) is 4.79 Å². The highest BCUT2D eigenvalue weighted by atomic mass is 16.5. The summed E-state index contributed by atoms with van der Waals surface area (Å²) in [6, 6.07) is 6.45. The van der Waals surface area contributed by atoms with E-state index < -0.39 is 5.97 Å². The highest BCUT2D eigenvalue weighted by Crippen LogP contribution is 2.10. The number of aromatic amines is 1. The van der Waals surface area contributed by atoms with Gasteiger partial charge in [0.25, 0.3) is 0 Å². The number of carbonyl (C=O) groups excluding carboxylic acids is 1. The number of rotatable bonds is 3. The first-order valence-electron chi connectivity index (χ1n) is 4.70. The Morgan fingerprint density at radius 2 is 2.12 bits per heavy atom. The minimum atomic E-state index is -0.502.